The number of Topliss-reactive ketones (excluding diaryl/α,β-unsaturated/α-hetero) is 1. The zero-order valence-corrected chi connectivity index (χ0v) is 22.1. The van der Waals surface area contributed by atoms with Gasteiger partial charge in [0.1, 0.15) is 12.4 Å². The average molecular weight is 555 g/mol. The number of hydrogen-bond acceptors (Lipinski definition) is 8. The third-order valence-electron chi connectivity index (χ3n) is 8.45. The fourth-order valence-electron chi connectivity index (χ4n) is 6.66. The number of aliphatic hydroxyl groups excluding tert-OH is 1. The van der Waals surface area contributed by atoms with Crippen LogP contribution in [0.4, 0.5) is 11.4 Å². The zero-order valence-electron chi connectivity index (χ0n) is 22.1. The molecule has 1 aliphatic heterocycles. The number of non-ortho nitro benzene ring substituents is 1. The molecule has 1 fully saturated rings. The zero-order chi connectivity index (χ0) is 29.0. The molecule has 2 amide bonds. The van der Waals surface area contributed by atoms with Gasteiger partial charge in [0, 0.05) is 34.8 Å². The predicted octanol–water partition coefficient (Wildman–Crippen LogP) is 3.60. The van der Waals surface area contributed by atoms with Gasteiger partial charge in [0.2, 0.25) is 11.8 Å². The molecule has 4 atom stereocenters. The maximum Gasteiger partial charge on any atom is 0.269 e. The van der Waals surface area contributed by atoms with Gasteiger partial charge in [0.05, 0.1) is 29.1 Å². The van der Waals surface area contributed by atoms with E-state index in [4.69, 9.17) is 9.84 Å². The number of anilines is 1. The number of nitro groups is 1. The largest absolute Gasteiger partial charge is 0.491 e. The molecule has 6 rings (SSSR count). The fourth-order valence-corrected chi connectivity index (χ4v) is 6.66. The molecular formula is C31H26N2O8. The highest BCUT2D eigenvalue weighted by Crippen LogP contribution is 2.55. The summed E-state index contributed by atoms with van der Waals surface area (Å²) < 4.78 is 5.49. The predicted molar refractivity (Wildman–Crippen MR) is 146 cm³/mol. The van der Waals surface area contributed by atoms with E-state index in [0.717, 1.165) is 16.0 Å². The van der Waals surface area contributed by atoms with E-state index in [1.807, 2.05) is 18.2 Å². The Bertz CT molecular complexity index is 1600. The van der Waals surface area contributed by atoms with Crippen LogP contribution in [-0.4, -0.2) is 46.6 Å². The molecule has 1 heterocycles. The number of rotatable bonds is 6. The first-order valence-corrected chi connectivity index (χ1v) is 13.4. The number of imide groups is 1. The molecular weight excluding hydrogens is 528 g/mol. The number of ether oxygens (including phenoxy) is 1. The topological polar surface area (TPSA) is 144 Å². The van der Waals surface area contributed by atoms with Gasteiger partial charge in [-0.3, -0.25) is 34.2 Å². The quantitative estimate of drug-likeness (QED) is 0.188. The number of aliphatic hydroxyl groups is 1. The summed E-state index contributed by atoms with van der Waals surface area (Å²) in [4.78, 5) is 65.8. The number of benzene rings is 2. The van der Waals surface area contributed by atoms with E-state index in [1.165, 1.54) is 30.3 Å². The molecule has 41 heavy (non-hydrogen) atoms. The molecule has 4 aliphatic rings. The fraction of sp³-hybridized carbons (Fsp3) is 0.290. The summed E-state index contributed by atoms with van der Waals surface area (Å²) in [7, 11) is 0. The summed E-state index contributed by atoms with van der Waals surface area (Å²) in [5.74, 6) is -3.18. The minimum Gasteiger partial charge on any atom is -0.491 e. The van der Waals surface area contributed by atoms with E-state index < -0.39 is 34.5 Å². The smallest absolute Gasteiger partial charge is 0.269 e. The summed E-state index contributed by atoms with van der Waals surface area (Å²) in [6.45, 7) is 1.60. The second-order valence-electron chi connectivity index (χ2n) is 10.7. The van der Waals surface area contributed by atoms with Gasteiger partial charge in [-0.15, -0.1) is 0 Å². The van der Waals surface area contributed by atoms with Gasteiger partial charge in [-0.25, -0.2) is 0 Å². The number of ketones is 2. The van der Waals surface area contributed by atoms with Gasteiger partial charge in [0.15, 0.2) is 11.6 Å². The first-order valence-electron chi connectivity index (χ1n) is 13.4. The van der Waals surface area contributed by atoms with Crippen molar-refractivity contribution in [2.45, 2.75) is 25.7 Å². The standard InChI is InChI=1S/C31H26N2O8/c1-16-14-25(35)28-24(29(16)36)15-23-21(26(28)17-2-8-20(9-3-17)41-13-12-34)10-11-22-27(23)31(38)32(30(22)37)18-4-6-19(7-5-18)33(39)40/h2-10,14,22-23,26-27,34H,11-13,15H2,1H3. The Balaban J connectivity index is 1.41. The van der Waals surface area contributed by atoms with Crippen LogP contribution in [0.5, 0.6) is 5.75 Å². The normalized spacial score (nSPS) is 25.4. The Morgan fingerprint density at radius 3 is 2.37 bits per heavy atom. The molecule has 0 radical (unpaired) electrons. The molecule has 4 unspecified atom stereocenters. The highest BCUT2D eigenvalue weighted by Gasteiger charge is 2.56. The molecule has 10 heteroatoms. The first kappa shape index (κ1) is 26.5. The van der Waals surface area contributed by atoms with E-state index >= 15 is 0 Å². The highest BCUT2D eigenvalue weighted by molar-refractivity contribution is 6.25. The minimum atomic E-state index is -0.740. The van der Waals surface area contributed by atoms with Crippen LogP contribution in [-0.2, 0) is 19.2 Å². The van der Waals surface area contributed by atoms with Crippen molar-refractivity contribution in [3.63, 3.8) is 0 Å². The molecule has 10 nitrogen and oxygen atoms in total. The van der Waals surface area contributed by atoms with Crippen molar-refractivity contribution in [3.8, 4) is 5.75 Å². The molecule has 2 aromatic carbocycles. The summed E-state index contributed by atoms with van der Waals surface area (Å²) in [5, 5.41) is 20.2. The summed E-state index contributed by atoms with van der Waals surface area (Å²) >= 11 is 0. The van der Waals surface area contributed by atoms with Gasteiger partial charge < -0.3 is 9.84 Å². The van der Waals surface area contributed by atoms with Gasteiger partial charge in [-0.05, 0) is 61.6 Å². The van der Waals surface area contributed by atoms with Crippen molar-refractivity contribution >= 4 is 34.8 Å². The van der Waals surface area contributed by atoms with Crippen LogP contribution in [0.1, 0.15) is 31.2 Å². The number of carbonyl (C=O) groups is 4. The van der Waals surface area contributed by atoms with Crippen LogP contribution in [0.3, 0.4) is 0 Å². The Hall–Kier alpha value is -4.70. The number of allylic oxidation sites excluding steroid dienone is 6. The Kier molecular flexibility index (Phi) is 6.50. The maximum atomic E-state index is 13.9. The number of fused-ring (bicyclic) bond motifs is 3. The van der Waals surface area contributed by atoms with Crippen LogP contribution in [0.2, 0.25) is 0 Å². The number of amides is 2. The van der Waals surface area contributed by atoms with E-state index in [-0.39, 0.29) is 48.5 Å². The number of nitrogens with zero attached hydrogens (tertiary/aromatic N) is 2. The van der Waals surface area contributed by atoms with Crippen LogP contribution >= 0.6 is 0 Å². The lowest BCUT2D eigenvalue weighted by Crippen LogP contribution is -2.39. The summed E-state index contributed by atoms with van der Waals surface area (Å²) in [6.07, 6.45) is 3.75. The lowest BCUT2D eigenvalue weighted by Gasteiger charge is -2.42. The monoisotopic (exact) mass is 554 g/mol. The van der Waals surface area contributed by atoms with Crippen LogP contribution < -0.4 is 9.64 Å². The lowest BCUT2D eigenvalue weighted by atomic mass is 9.59. The Morgan fingerprint density at radius 2 is 1.71 bits per heavy atom. The van der Waals surface area contributed by atoms with Gasteiger partial charge in [-0.1, -0.05) is 23.8 Å². The molecule has 0 bridgehead atoms. The average Bonchev–Trinajstić information content (AvgIpc) is 3.23. The van der Waals surface area contributed by atoms with Crippen molar-refractivity contribution in [2.24, 2.45) is 17.8 Å². The van der Waals surface area contributed by atoms with Crippen molar-refractivity contribution in [1.82, 2.24) is 0 Å². The third kappa shape index (κ3) is 4.22. The molecule has 1 saturated heterocycles. The Labute approximate surface area is 234 Å². The second kappa shape index (κ2) is 10.0. The van der Waals surface area contributed by atoms with Gasteiger partial charge in [-0.2, -0.15) is 0 Å². The lowest BCUT2D eigenvalue weighted by molar-refractivity contribution is -0.384. The molecule has 208 valence electrons. The summed E-state index contributed by atoms with van der Waals surface area (Å²) in [5.41, 5.74) is 2.79. The molecule has 0 aromatic heterocycles. The van der Waals surface area contributed by atoms with Crippen molar-refractivity contribution in [1.29, 1.82) is 0 Å². The van der Waals surface area contributed by atoms with Crippen LogP contribution in [0.25, 0.3) is 0 Å². The molecule has 1 N–H and O–H groups in total. The van der Waals surface area contributed by atoms with Crippen LogP contribution in [0, 0.1) is 27.9 Å². The molecule has 3 aliphatic carbocycles. The first-order chi connectivity index (χ1) is 19.7. The van der Waals surface area contributed by atoms with Crippen molar-refractivity contribution < 1.29 is 33.9 Å². The van der Waals surface area contributed by atoms with Crippen LogP contribution in [0.15, 0.2) is 83.0 Å². The molecule has 2 aromatic rings. The Morgan fingerprint density at radius 1 is 1.00 bits per heavy atom. The van der Waals surface area contributed by atoms with E-state index in [9.17, 15) is 29.3 Å². The minimum absolute atomic E-state index is 0.132. The number of hydrogen-bond donors (Lipinski definition) is 1. The van der Waals surface area contributed by atoms with Crippen molar-refractivity contribution in [3.05, 3.63) is 98.7 Å². The molecule has 0 spiro atoms. The number of carbonyl (C=O) groups excluding carboxylic acids is 4. The van der Waals surface area contributed by atoms with Gasteiger partial charge in [0.25, 0.3) is 5.69 Å². The third-order valence-corrected chi connectivity index (χ3v) is 8.45. The second-order valence-corrected chi connectivity index (χ2v) is 10.7. The van der Waals surface area contributed by atoms with Crippen molar-refractivity contribution in [2.75, 3.05) is 18.1 Å². The maximum absolute atomic E-state index is 13.9. The summed E-state index contributed by atoms with van der Waals surface area (Å²) in [6, 6.07) is 12.4. The SMILES string of the molecule is CC1=CC(=O)C2=C(CC3C(=CCC4C(=O)N(c5ccc([N+](=O)[O-])cc5)C(=O)C43)C2c2ccc(OCCO)cc2)C1=O. The number of nitro benzene ring substituents is 1. The van der Waals surface area contributed by atoms with E-state index in [1.54, 1.807) is 19.1 Å². The highest BCUT2D eigenvalue weighted by atomic mass is 16.6. The van der Waals surface area contributed by atoms with Gasteiger partial charge >= 0.3 is 0 Å². The van der Waals surface area contributed by atoms with E-state index in [0.29, 0.717) is 28.9 Å². The van der Waals surface area contributed by atoms with E-state index in [2.05, 4.69) is 0 Å². The molecule has 0 saturated carbocycles.